The first-order valence-electron chi connectivity index (χ1n) is 3.45. The molecule has 0 aromatic heterocycles. The fraction of sp³-hybridized carbons (Fsp3) is 0.125. The molecule has 0 spiro atoms. The molecule has 0 saturated carbocycles. The molecule has 0 radical (unpaired) electrons. The van der Waals surface area contributed by atoms with Crippen LogP contribution in [0.4, 0.5) is 10.1 Å². The zero-order valence-electron chi connectivity index (χ0n) is 6.08. The molecule has 0 amide bonds. The Morgan fingerprint density at radius 1 is 1.50 bits per heavy atom. The largest absolute Gasteiger partial charge is 0.338 e. The van der Waals surface area contributed by atoms with Crippen molar-refractivity contribution in [3.63, 3.8) is 0 Å². The van der Waals surface area contributed by atoms with Crippen LogP contribution >= 0.6 is 11.8 Å². The smallest absolute Gasteiger partial charge is 0.288 e. The van der Waals surface area contributed by atoms with E-state index in [1.807, 2.05) is 6.07 Å². The second kappa shape index (κ2) is 2.48. The van der Waals surface area contributed by atoms with E-state index in [9.17, 15) is 9.18 Å². The lowest BCUT2D eigenvalue weighted by Crippen LogP contribution is -2.26. The van der Waals surface area contributed by atoms with Gasteiger partial charge in [0.1, 0.15) is 0 Å². The Kier molecular flexibility index (Phi) is 1.58. The van der Waals surface area contributed by atoms with Crippen molar-refractivity contribution in [3.8, 4) is 0 Å². The molecule has 4 heteroatoms. The van der Waals surface area contributed by atoms with Crippen LogP contribution in [0.1, 0.15) is 0 Å². The first kappa shape index (κ1) is 7.61. The van der Waals surface area contributed by atoms with Crippen LogP contribution in [0.25, 0.3) is 0 Å². The zero-order valence-corrected chi connectivity index (χ0v) is 6.90. The first-order chi connectivity index (χ1) is 5.73. The molecule has 0 fully saturated rings. The number of nitrogens with one attached hydrogen (secondary N) is 1. The minimum Gasteiger partial charge on any atom is -0.338 e. The molecule has 1 atom stereocenters. The molecule has 1 N–H and O–H groups in total. The lowest BCUT2D eigenvalue weighted by molar-refractivity contribution is -0.112. The van der Waals surface area contributed by atoms with Gasteiger partial charge in [-0.15, -0.1) is 0 Å². The molecule has 62 valence electrons. The van der Waals surface area contributed by atoms with E-state index in [2.05, 4.69) is 5.32 Å². The first-order valence-corrected chi connectivity index (χ1v) is 4.27. The van der Waals surface area contributed by atoms with Gasteiger partial charge in [-0.2, -0.15) is 4.39 Å². The van der Waals surface area contributed by atoms with Crippen LogP contribution in [0, 0.1) is 0 Å². The number of aldehydes is 1. The highest BCUT2D eigenvalue weighted by molar-refractivity contribution is 8.01. The molecular formula is C8H6FNOS. The van der Waals surface area contributed by atoms with Crippen molar-refractivity contribution in [2.75, 3.05) is 5.32 Å². The summed E-state index contributed by atoms with van der Waals surface area (Å²) >= 11 is 0.893. The Bertz CT molecular complexity index is 304. The lowest BCUT2D eigenvalue weighted by Gasteiger charge is -2.09. The molecular weight excluding hydrogens is 177 g/mol. The molecule has 12 heavy (non-hydrogen) atoms. The molecule has 0 bridgehead atoms. The summed E-state index contributed by atoms with van der Waals surface area (Å²) in [6, 6.07) is 7.12. The SMILES string of the molecule is O=CC1(F)Nc2ccccc2S1. The van der Waals surface area contributed by atoms with Crippen LogP contribution < -0.4 is 5.32 Å². The molecule has 1 heterocycles. The summed E-state index contributed by atoms with van der Waals surface area (Å²) in [5, 5.41) is 0.520. The van der Waals surface area contributed by atoms with E-state index >= 15 is 0 Å². The fourth-order valence-corrected chi connectivity index (χ4v) is 1.99. The van der Waals surface area contributed by atoms with Gasteiger partial charge < -0.3 is 5.32 Å². The normalized spacial score (nSPS) is 26.1. The third-order valence-corrected chi connectivity index (χ3v) is 2.67. The van der Waals surface area contributed by atoms with Crippen LogP contribution in [0.2, 0.25) is 0 Å². The summed E-state index contributed by atoms with van der Waals surface area (Å²) in [5.41, 5.74) is 0.678. The number of carbonyl (C=O) groups excluding carboxylic acids is 1. The molecule has 1 aromatic rings. The minimum absolute atomic E-state index is 0.275. The minimum atomic E-state index is -1.97. The average Bonchev–Trinajstić information content (AvgIpc) is 2.42. The Labute approximate surface area is 73.2 Å². The molecule has 1 aromatic carbocycles. The molecule has 0 saturated heterocycles. The maximum absolute atomic E-state index is 13.3. The second-order valence-electron chi connectivity index (χ2n) is 2.49. The Morgan fingerprint density at radius 2 is 2.25 bits per heavy atom. The van der Waals surface area contributed by atoms with Gasteiger partial charge in [-0.1, -0.05) is 23.9 Å². The number of benzene rings is 1. The van der Waals surface area contributed by atoms with Gasteiger partial charge in [0.15, 0.2) is 6.29 Å². The quantitative estimate of drug-likeness (QED) is 0.533. The van der Waals surface area contributed by atoms with Crippen LogP contribution in [-0.4, -0.2) is 11.4 Å². The van der Waals surface area contributed by atoms with Crippen LogP contribution in [0.15, 0.2) is 29.2 Å². The van der Waals surface area contributed by atoms with E-state index in [0.29, 0.717) is 5.69 Å². The van der Waals surface area contributed by atoms with Gasteiger partial charge in [0, 0.05) is 4.90 Å². The van der Waals surface area contributed by atoms with E-state index in [1.165, 1.54) is 0 Å². The van der Waals surface area contributed by atoms with Gasteiger partial charge in [0.05, 0.1) is 5.69 Å². The summed E-state index contributed by atoms with van der Waals surface area (Å²) in [4.78, 5) is 11.1. The molecule has 1 unspecified atom stereocenters. The number of rotatable bonds is 1. The average molecular weight is 183 g/mol. The summed E-state index contributed by atoms with van der Waals surface area (Å²) in [6.07, 6.45) is 0.275. The maximum atomic E-state index is 13.3. The summed E-state index contributed by atoms with van der Waals surface area (Å²) in [6.45, 7) is 0. The number of hydrogen-bond acceptors (Lipinski definition) is 3. The number of para-hydroxylation sites is 1. The van der Waals surface area contributed by atoms with Crippen LogP contribution in [0.3, 0.4) is 0 Å². The number of anilines is 1. The van der Waals surface area contributed by atoms with Crippen molar-refractivity contribution >= 4 is 23.7 Å². The second-order valence-corrected chi connectivity index (χ2v) is 3.72. The molecule has 1 aliphatic heterocycles. The summed E-state index contributed by atoms with van der Waals surface area (Å²) < 4.78 is 13.3. The van der Waals surface area contributed by atoms with Crippen molar-refractivity contribution in [1.29, 1.82) is 0 Å². The number of carbonyl (C=O) groups is 1. The van der Waals surface area contributed by atoms with Crippen molar-refractivity contribution in [1.82, 2.24) is 0 Å². The van der Waals surface area contributed by atoms with Crippen molar-refractivity contribution < 1.29 is 9.18 Å². The predicted molar refractivity (Wildman–Crippen MR) is 45.8 cm³/mol. The van der Waals surface area contributed by atoms with Crippen molar-refractivity contribution in [3.05, 3.63) is 24.3 Å². The summed E-state index contributed by atoms with van der Waals surface area (Å²) in [7, 11) is 0. The topological polar surface area (TPSA) is 29.1 Å². The number of hydrogen-bond donors (Lipinski definition) is 1. The highest BCUT2D eigenvalue weighted by atomic mass is 32.2. The predicted octanol–water partition coefficient (Wildman–Crippen LogP) is 2.03. The third-order valence-electron chi connectivity index (χ3n) is 1.60. The van der Waals surface area contributed by atoms with Gasteiger partial charge in [-0.3, -0.25) is 4.79 Å². The molecule has 1 aliphatic rings. The number of thioether (sulfide) groups is 1. The highest BCUT2D eigenvalue weighted by Gasteiger charge is 2.37. The van der Waals surface area contributed by atoms with Gasteiger partial charge in [0.25, 0.3) is 5.12 Å². The Morgan fingerprint density at radius 3 is 2.92 bits per heavy atom. The standard InChI is InChI=1S/C8H6FNOS/c9-8(5-11)10-6-3-1-2-4-7(6)12-8/h1-5,10H. The van der Waals surface area contributed by atoms with Gasteiger partial charge >= 0.3 is 0 Å². The number of fused-ring (bicyclic) bond motifs is 1. The fourth-order valence-electron chi connectivity index (χ4n) is 1.08. The van der Waals surface area contributed by atoms with Crippen LogP contribution in [0.5, 0.6) is 0 Å². The zero-order chi connectivity index (χ0) is 8.60. The van der Waals surface area contributed by atoms with Gasteiger partial charge in [0.2, 0.25) is 0 Å². The molecule has 2 nitrogen and oxygen atoms in total. The number of halogens is 1. The van der Waals surface area contributed by atoms with Crippen LogP contribution in [-0.2, 0) is 4.79 Å². The number of alkyl halides is 1. The van der Waals surface area contributed by atoms with Crippen molar-refractivity contribution in [2.24, 2.45) is 0 Å². The van der Waals surface area contributed by atoms with Gasteiger partial charge in [-0.25, -0.2) is 0 Å². The molecule has 0 aliphatic carbocycles. The Balaban J connectivity index is 2.39. The van der Waals surface area contributed by atoms with E-state index in [1.54, 1.807) is 18.2 Å². The third kappa shape index (κ3) is 1.08. The maximum Gasteiger partial charge on any atom is 0.288 e. The van der Waals surface area contributed by atoms with Gasteiger partial charge in [-0.05, 0) is 12.1 Å². The monoisotopic (exact) mass is 183 g/mol. The van der Waals surface area contributed by atoms with E-state index in [0.717, 1.165) is 16.7 Å². The van der Waals surface area contributed by atoms with E-state index in [4.69, 9.17) is 0 Å². The van der Waals surface area contributed by atoms with E-state index < -0.39 is 5.12 Å². The van der Waals surface area contributed by atoms with E-state index in [-0.39, 0.29) is 6.29 Å². The Hall–Kier alpha value is -1.03. The molecule has 2 rings (SSSR count). The summed E-state index contributed by atoms with van der Waals surface area (Å²) in [5.74, 6) is 0. The highest BCUT2D eigenvalue weighted by Crippen LogP contribution is 2.44. The lowest BCUT2D eigenvalue weighted by atomic mass is 10.3. The van der Waals surface area contributed by atoms with Crippen molar-refractivity contribution in [2.45, 2.75) is 10.0 Å².